The number of piperidine rings is 1. The number of benzene rings is 1. The lowest BCUT2D eigenvalue weighted by atomic mass is 9.80. The number of fused-ring (bicyclic) bond motifs is 1. The van der Waals surface area contributed by atoms with Crippen LogP contribution in [0.15, 0.2) is 24.5 Å². The van der Waals surface area contributed by atoms with E-state index in [1.807, 2.05) is 26.7 Å². The number of aryl methyl sites for hydroxylation is 1. The average Bonchev–Trinajstić information content (AvgIpc) is 3.24. The Bertz CT molecular complexity index is 987. The first-order chi connectivity index (χ1) is 16.8. The second-order valence-electron chi connectivity index (χ2n) is 10.6. The van der Waals surface area contributed by atoms with Crippen LogP contribution in [0.25, 0.3) is 11.0 Å². The van der Waals surface area contributed by atoms with Gasteiger partial charge in [-0.2, -0.15) is 0 Å². The summed E-state index contributed by atoms with van der Waals surface area (Å²) in [5.74, 6) is 0.810. The number of rotatable bonds is 5. The first kappa shape index (κ1) is 26.4. The molecule has 194 valence electrons. The van der Waals surface area contributed by atoms with E-state index in [2.05, 4.69) is 39.4 Å². The number of aromatic nitrogens is 2. The number of likely N-dealkylation sites (tertiary alicyclic amines) is 1. The van der Waals surface area contributed by atoms with E-state index < -0.39 is 5.67 Å². The largest absolute Gasteiger partial charge is 0.381 e. The molecule has 2 aromatic rings. The third kappa shape index (κ3) is 6.03. The fourth-order valence-electron chi connectivity index (χ4n) is 5.68. The van der Waals surface area contributed by atoms with Gasteiger partial charge in [0.15, 0.2) is 5.67 Å². The minimum atomic E-state index is -1.53. The summed E-state index contributed by atoms with van der Waals surface area (Å²) >= 11 is 1.62. The van der Waals surface area contributed by atoms with Gasteiger partial charge in [-0.25, -0.2) is 9.37 Å². The number of hydrogen-bond donors (Lipinski definition) is 1. The lowest BCUT2D eigenvalue weighted by molar-refractivity contribution is -0.152. The van der Waals surface area contributed by atoms with Crippen LogP contribution in [-0.4, -0.2) is 64.6 Å². The molecule has 2 aliphatic carbocycles. The predicted molar refractivity (Wildman–Crippen MR) is 141 cm³/mol. The first-order valence-electron chi connectivity index (χ1n) is 13.0. The van der Waals surface area contributed by atoms with E-state index in [4.69, 9.17) is 4.74 Å². The molecule has 1 aromatic heterocycles. The van der Waals surface area contributed by atoms with Crippen LogP contribution in [-0.2, 0) is 16.6 Å². The zero-order chi connectivity index (χ0) is 25.0. The summed E-state index contributed by atoms with van der Waals surface area (Å²) in [5, 5.41) is 0. The van der Waals surface area contributed by atoms with E-state index in [9.17, 15) is 9.18 Å². The molecule has 2 heterocycles. The molecule has 6 nitrogen and oxygen atoms in total. The molecule has 35 heavy (non-hydrogen) atoms. The highest BCUT2D eigenvalue weighted by molar-refractivity contribution is 7.96. The molecule has 8 heteroatoms. The summed E-state index contributed by atoms with van der Waals surface area (Å²) in [4.78, 5) is 18.2. The molecule has 0 spiro atoms. The van der Waals surface area contributed by atoms with Gasteiger partial charge in [-0.05, 0) is 87.2 Å². The maximum absolute atomic E-state index is 14.0. The van der Waals surface area contributed by atoms with Crippen LogP contribution in [0, 0.1) is 5.92 Å². The number of methoxy groups -OCH3 is 1. The first-order valence-corrected chi connectivity index (χ1v) is 14.3. The molecule has 1 N–H and O–H groups in total. The third-order valence-corrected chi connectivity index (χ3v) is 8.76. The fraction of sp³-hybridized carbons (Fsp3) is 0.704. The lowest BCUT2D eigenvalue weighted by Gasteiger charge is -2.42. The summed E-state index contributed by atoms with van der Waals surface area (Å²) in [7, 11) is 3.86. The number of hydrogen-bond acceptors (Lipinski definition) is 5. The molecule has 1 aliphatic heterocycles. The van der Waals surface area contributed by atoms with E-state index in [1.54, 1.807) is 16.8 Å². The number of imidazole rings is 1. The minimum Gasteiger partial charge on any atom is -0.381 e. The van der Waals surface area contributed by atoms with Crippen molar-refractivity contribution in [3.63, 3.8) is 0 Å². The fourth-order valence-corrected chi connectivity index (χ4v) is 6.33. The number of nitrogens with zero attached hydrogens (tertiary/aromatic N) is 3. The maximum Gasteiger partial charge on any atom is 0.260 e. The van der Waals surface area contributed by atoms with Gasteiger partial charge in [0.25, 0.3) is 5.91 Å². The quantitative estimate of drug-likeness (QED) is 0.565. The third-order valence-electron chi connectivity index (χ3n) is 8.22. The molecule has 0 bridgehead atoms. The van der Waals surface area contributed by atoms with Gasteiger partial charge >= 0.3 is 0 Å². The number of alkyl halides is 1. The Morgan fingerprint density at radius 3 is 2.57 bits per heavy atom. The van der Waals surface area contributed by atoms with E-state index in [-0.39, 0.29) is 5.91 Å². The van der Waals surface area contributed by atoms with Crippen LogP contribution in [0.2, 0.25) is 0 Å². The van der Waals surface area contributed by atoms with Crippen LogP contribution < -0.4 is 4.72 Å². The Morgan fingerprint density at radius 1 is 1.23 bits per heavy atom. The van der Waals surface area contributed by atoms with E-state index in [0.29, 0.717) is 49.9 Å². The van der Waals surface area contributed by atoms with Crippen LogP contribution in [0.3, 0.4) is 0 Å². The smallest absolute Gasteiger partial charge is 0.260 e. The zero-order valence-electron chi connectivity index (χ0n) is 21.6. The van der Waals surface area contributed by atoms with Gasteiger partial charge in [0, 0.05) is 33.3 Å². The van der Waals surface area contributed by atoms with Crippen LogP contribution >= 0.6 is 11.9 Å². The van der Waals surface area contributed by atoms with Crippen LogP contribution in [0.4, 0.5) is 4.39 Å². The monoisotopic (exact) mass is 504 g/mol. The van der Waals surface area contributed by atoms with Gasteiger partial charge in [-0.3, -0.25) is 9.52 Å². The van der Waals surface area contributed by atoms with Crippen molar-refractivity contribution >= 4 is 28.9 Å². The molecule has 1 aromatic carbocycles. The van der Waals surface area contributed by atoms with Gasteiger partial charge in [0.05, 0.1) is 23.5 Å². The topological polar surface area (TPSA) is 59.4 Å². The van der Waals surface area contributed by atoms with E-state index >= 15 is 0 Å². The standard InChI is InChI=1S/C15H20N2O.C12H21FN2OS/c1-17-10-16-14-9-12(5-8-15(14)17)11-3-6-13(18-2)7-4-11;1-9-8-15(7-4-10(9)14-17-2)11(16)12(13)5-3-6-12/h5,8-11,13H,3-4,6-7H2,1-2H3;9-10,14H,3-8H2,1-2H3. The molecule has 1 saturated heterocycles. The summed E-state index contributed by atoms with van der Waals surface area (Å²) in [6.07, 6.45) is 11.8. The van der Waals surface area contributed by atoms with Crippen molar-refractivity contribution in [1.82, 2.24) is 19.2 Å². The van der Waals surface area contributed by atoms with Crippen molar-refractivity contribution in [2.24, 2.45) is 13.0 Å². The van der Waals surface area contributed by atoms with Gasteiger partial charge in [0.1, 0.15) is 0 Å². The lowest BCUT2D eigenvalue weighted by Crippen LogP contribution is -2.56. The molecule has 1 amide bonds. The Labute approximate surface area is 213 Å². The molecule has 2 unspecified atom stereocenters. The molecule has 3 fully saturated rings. The number of carbonyl (C=O) groups excluding carboxylic acids is 1. The van der Waals surface area contributed by atoms with Crippen molar-refractivity contribution in [2.75, 3.05) is 26.5 Å². The maximum atomic E-state index is 14.0. The summed E-state index contributed by atoms with van der Waals surface area (Å²) in [6, 6.07) is 7.15. The van der Waals surface area contributed by atoms with Gasteiger partial charge in [0.2, 0.25) is 0 Å². The molecular weight excluding hydrogens is 463 g/mol. The number of halogens is 1. The average molecular weight is 505 g/mol. The van der Waals surface area contributed by atoms with Gasteiger partial charge < -0.3 is 14.2 Å². The highest BCUT2D eigenvalue weighted by Crippen LogP contribution is 2.38. The van der Waals surface area contributed by atoms with Crippen molar-refractivity contribution in [3.05, 3.63) is 30.1 Å². The second-order valence-corrected chi connectivity index (χ2v) is 11.2. The number of carbonyl (C=O) groups is 1. The molecule has 2 saturated carbocycles. The SMILES string of the molecule is COC1CCC(c2ccc3c(c2)ncn3C)CC1.CSNC1CCN(C(=O)C2(F)CCC2)CC1C. The molecule has 0 radical (unpaired) electrons. The second kappa shape index (κ2) is 11.6. The summed E-state index contributed by atoms with van der Waals surface area (Å²) in [6.45, 7) is 3.49. The van der Waals surface area contributed by atoms with E-state index in [1.165, 1.54) is 36.8 Å². The zero-order valence-corrected chi connectivity index (χ0v) is 22.5. The summed E-state index contributed by atoms with van der Waals surface area (Å²) in [5.41, 5.74) is 2.24. The molecule has 5 rings (SSSR count). The number of ether oxygens (including phenoxy) is 1. The highest BCUT2D eigenvalue weighted by Gasteiger charge is 2.47. The Morgan fingerprint density at radius 2 is 1.97 bits per heavy atom. The number of amides is 1. The predicted octanol–water partition coefficient (Wildman–Crippen LogP) is 5.23. The van der Waals surface area contributed by atoms with Crippen molar-refractivity contribution in [1.29, 1.82) is 0 Å². The van der Waals surface area contributed by atoms with Crippen molar-refractivity contribution in [2.45, 2.75) is 82.0 Å². The Kier molecular flexibility index (Phi) is 8.76. The van der Waals surface area contributed by atoms with Crippen molar-refractivity contribution < 1.29 is 13.9 Å². The molecule has 2 atom stereocenters. The highest BCUT2D eigenvalue weighted by atomic mass is 32.2. The Balaban J connectivity index is 0.000000165. The van der Waals surface area contributed by atoms with Crippen LogP contribution in [0.1, 0.15) is 69.8 Å². The van der Waals surface area contributed by atoms with Gasteiger partial charge in [-0.1, -0.05) is 24.9 Å². The molecular formula is C27H41FN4O2S. The van der Waals surface area contributed by atoms with Crippen LogP contribution in [0.5, 0.6) is 0 Å². The van der Waals surface area contributed by atoms with Crippen molar-refractivity contribution in [3.8, 4) is 0 Å². The van der Waals surface area contributed by atoms with Gasteiger partial charge in [-0.15, -0.1) is 0 Å². The molecule has 3 aliphatic rings. The van der Waals surface area contributed by atoms with E-state index in [0.717, 1.165) is 18.4 Å². The minimum absolute atomic E-state index is 0.266. The Hall–Kier alpha value is -1.64. The number of nitrogens with one attached hydrogen (secondary N) is 1. The normalized spacial score (nSPS) is 28.2. The summed E-state index contributed by atoms with van der Waals surface area (Å²) < 4.78 is 24.9.